The summed E-state index contributed by atoms with van der Waals surface area (Å²) < 4.78 is 0. The minimum atomic E-state index is -0.168. The maximum Gasteiger partial charge on any atom is 0.246 e. The second kappa shape index (κ2) is 9.37. The number of rotatable bonds is 6. The van der Waals surface area contributed by atoms with E-state index in [0.717, 1.165) is 16.8 Å². The Morgan fingerprint density at radius 2 is 1.76 bits per heavy atom. The number of aryl methyl sites for hydroxylation is 1. The van der Waals surface area contributed by atoms with Crippen LogP contribution >= 0.6 is 0 Å². The number of hydrogen-bond acceptors (Lipinski definition) is 3. The summed E-state index contributed by atoms with van der Waals surface area (Å²) in [5, 5.41) is 2.65. The van der Waals surface area contributed by atoms with Crippen LogP contribution in [0.2, 0.25) is 0 Å². The first-order valence-electron chi connectivity index (χ1n) is 9.89. The van der Waals surface area contributed by atoms with E-state index < -0.39 is 0 Å². The largest absolute Gasteiger partial charge is 0.356 e. The molecule has 1 atom stereocenters. The predicted molar refractivity (Wildman–Crippen MR) is 112 cm³/mol. The van der Waals surface area contributed by atoms with Crippen molar-refractivity contribution in [1.29, 1.82) is 0 Å². The van der Waals surface area contributed by atoms with Gasteiger partial charge in [0.05, 0.1) is 6.04 Å². The molecule has 0 saturated carbocycles. The Morgan fingerprint density at radius 1 is 1.07 bits per heavy atom. The lowest BCUT2D eigenvalue weighted by Crippen LogP contribution is -2.59. The van der Waals surface area contributed by atoms with Crippen molar-refractivity contribution in [2.75, 3.05) is 24.5 Å². The lowest BCUT2D eigenvalue weighted by Gasteiger charge is -2.41. The number of nitrogens with one attached hydrogen (secondary N) is 1. The Labute approximate surface area is 171 Å². The number of carbonyl (C=O) groups excluding carboxylic acids is 3. The van der Waals surface area contributed by atoms with Crippen molar-refractivity contribution >= 4 is 23.4 Å². The van der Waals surface area contributed by atoms with Crippen LogP contribution in [0.15, 0.2) is 54.6 Å². The second-order valence-corrected chi connectivity index (χ2v) is 7.39. The fourth-order valence-corrected chi connectivity index (χ4v) is 3.71. The Hall–Kier alpha value is -3.15. The molecule has 29 heavy (non-hydrogen) atoms. The highest BCUT2D eigenvalue weighted by atomic mass is 16.2. The van der Waals surface area contributed by atoms with Crippen LogP contribution in [0.3, 0.4) is 0 Å². The van der Waals surface area contributed by atoms with E-state index in [1.807, 2.05) is 61.5 Å². The highest BCUT2D eigenvalue weighted by Gasteiger charge is 2.35. The molecule has 0 bridgehead atoms. The van der Waals surface area contributed by atoms with Gasteiger partial charge in [0, 0.05) is 32.1 Å². The van der Waals surface area contributed by atoms with Crippen molar-refractivity contribution in [2.45, 2.75) is 32.7 Å². The summed E-state index contributed by atoms with van der Waals surface area (Å²) in [7, 11) is 0. The first-order valence-corrected chi connectivity index (χ1v) is 9.89. The average Bonchev–Trinajstić information content (AvgIpc) is 2.70. The van der Waals surface area contributed by atoms with Gasteiger partial charge in [-0.3, -0.25) is 14.4 Å². The minimum Gasteiger partial charge on any atom is -0.356 e. The molecule has 1 fully saturated rings. The molecule has 3 rings (SSSR count). The van der Waals surface area contributed by atoms with Crippen LogP contribution in [0.4, 0.5) is 5.69 Å². The maximum atomic E-state index is 12.9. The lowest BCUT2D eigenvalue weighted by molar-refractivity contribution is -0.139. The maximum absolute atomic E-state index is 12.9. The predicted octanol–water partition coefficient (Wildman–Crippen LogP) is 2.31. The zero-order valence-corrected chi connectivity index (χ0v) is 16.9. The fourth-order valence-electron chi connectivity index (χ4n) is 3.71. The summed E-state index contributed by atoms with van der Waals surface area (Å²) in [5.41, 5.74) is 3.04. The molecule has 0 radical (unpaired) electrons. The number of hydrogen-bond donors (Lipinski definition) is 1. The van der Waals surface area contributed by atoms with Gasteiger partial charge in [0.15, 0.2) is 0 Å². The van der Waals surface area contributed by atoms with Crippen molar-refractivity contribution in [3.05, 3.63) is 65.7 Å². The van der Waals surface area contributed by atoms with Gasteiger partial charge in [-0.1, -0.05) is 48.5 Å². The van der Waals surface area contributed by atoms with Crippen molar-refractivity contribution in [2.24, 2.45) is 0 Å². The molecule has 0 aliphatic carbocycles. The molecule has 6 heteroatoms. The molecule has 0 spiro atoms. The zero-order chi connectivity index (χ0) is 20.8. The van der Waals surface area contributed by atoms with E-state index in [9.17, 15) is 14.4 Å². The molecular weight excluding hydrogens is 366 g/mol. The van der Waals surface area contributed by atoms with E-state index >= 15 is 0 Å². The van der Waals surface area contributed by atoms with E-state index in [1.165, 1.54) is 6.92 Å². The Balaban J connectivity index is 1.81. The summed E-state index contributed by atoms with van der Waals surface area (Å²) >= 11 is 0. The van der Waals surface area contributed by atoms with Crippen molar-refractivity contribution in [1.82, 2.24) is 10.2 Å². The zero-order valence-electron chi connectivity index (χ0n) is 16.9. The van der Waals surface area contributed by atoms with E-state index in [-0.39, 0.29) is 43.3 Å². The van der Waals surface area contributed by atoms with Crippen molar-refractivity contribution in [3.63, 3.8) is 0 Å². The highest BCUT2D eigenvalue weighted by molar-refractivity contribution is 5.98. The lowest BCUT2D eigenvalue weighted by atomic mass is 10.00. The highest BCUT2D eigenvalue weighted by Crippen LogP contribution is 2.25. The number of amides is 3. The molecule has 152 valence electrons. The molecule has 1 aliphatic rings. The molecule has 1 saturated heterocycles. The van der Waals surface area contributed by atoms with Crippen LogP contribution in [-0.2, 0) is 20.8 Å². The van der Waals surface area contributed by atoms with Crippen LogP contribution in [0.1, 0.15) is 24.5 Å². The molecule has 0 unspecified atom stereocenters. The van der Waals surface area contributed by atoms with Crippen LogP contribution in [0.25, 0.3) is 0 Å². The van der Waals surface area contributed by atoms with E-state index in [2.05, 4.69) is 5.32 Å². The number of para-hydroxylation sites is 1. The number of carbonyl (C=O) groups is 3. The topological polar surface area (TPSA) is 69.7 Å². The van der Waals surface area contributed by atoms with Gasteiger partial charge < -0.3 is 15.1 Å². The molecule has 1 N–H and O–H groups in total. The summed E-state index contributed by atoms with van der Waals surface area (Å²) in [6, 6.07) is 17.7. The monoisotopic (exact) mass is 393 g/mol. The fraction of sp³-hybridized carbons (Fsp3) is 0.348. The summed E-state index contributed by atoms with van der Waals surface area (Å²) in [6.07, 6.45) is 0.852. The Bertz CT molecular complexity index is 882. The van der Waals surface area contributed by atoms with Gasteiger partial charge in [0.2, 0.25) is 17.7 Å². The third kappa shape index (κ3) is 5.22. The van der Waals surface area contributed by atoms with Gasteiger partial charge in [0.1, 0.15) is 6.54 Å². The molecule has 2 aromatic carbocycles. The summed E-state index contributed by atoms with van der Waals surface area (Å²) in [5.74, 6) is -0.368. The third-order valence-corrected chi connectivity index (χ3v) is 5.19. The molecule has 6 nitrogen and oxygen atoms in total. The normalized spacial score (nSPS) is 16.6. The smallest absolute Gasteiger partial charge is 0.246 e. The van der Waals surface area contributed by atoms with E-state index in [1.54, 1.807) is 9.80 Å². The van der Waals surface area contributed by atoms with Crippen LogP contribution in [0.5, 0.6) is 0 Å². The van der Waals surface area contributed by atoms with Gasteiger partial charge >= 0.3 is 0 Å². The van der Waals surface area contributed by atoms with Gasteiger partial charge in [-0.2, -0.15) is 0 Å². The Kier molecular flexibility index (Phi) is 6.65. The molecule has 0 aromatic heterocycles. The van der Waals surface area contributed by atoms with Gasteiger partial charge in [-0.05, 0) is 30.5 Å². The molecule has 3 amide bonds. The molecule has 1 heterocycles. The molecular formula is C23H27N3O3. The van der Waals surface area contributed by atoms with Gasteiger partial charge in [0.25, 0.3) is 0 Å². The molecule has 2 aromatic rings. The summed E-state index contributed by atoms with van der Waals surface area (Å²) in [6.45, 7) is 4.18. The van der Waals surface area contributed by atoms with Crippen LogP contribution in [0, 0.1) is 6.92 Å². The van der Waals surface area contributed by atoms with E-state index in [4.69, 9.17) is 0 Å². The summed E-state index contributed by atoms with van der Waals surface area (Å²) in [4.78, 5) is 40.3. The van der Waals surface area contributed by atoms with Crippen molar-refractivity contribution in [3.8, 4) is 0 Å². The number of benzene rings is 2. The quantitative estimate of drug-likeness (QED) is 0.819. The second-order valence-electron chi connectivity index (χ2n) is 7.39. The number of nitrogens with zero attached hydrogens (tertiary/aromatic N) is 2. The molecule has 1 aliphatic heterocycles. The Morgan fingerprint density at radius 3 is 2.45 bits per heavy atom. The SMILES string of the molecule is CC(=O)NCCC(=O)N1CC(=O)N(c2ccccc2C)C[C@@H]1Cc1ccccc1. The number of piperazine rings is 1. The minimum absolute atomic E-state index is 0.0464. The first-order chi connectivity index (χ1) is 14.0. The van der Waals surface area contributed by atoms with Gasteiger partial charge in [-0.15, -0.1) is 0 Å². The third-order valence-electron chi connectivity index (χ3n) is 5.19. The average molecular weight is 393 g/mol. The van der Waals surface area contributed by atoms with Crippen molar-refractivity contribution < 1.29 is 14.4 Å². The first kappa shape index (κ1) is 20.6. The van der Waals surface area contributed by atoms with Crippen LogP contribution < -0.4 is 10.2 Å². The van der Waals surface area contributed by atoms with Gasteiger partial charge in [-0.25, -0.2) is 0 Å². The standard InChI is InChI=1S/C23H27N3O3/c1-17-8-6-7-11-21(17)26-15-20(14-19-9-4-3-5-10-19)25(16-23(26)29)22(28)12-13-24-18(2)27/h3-11,20H,12-16H2,1-2H3,(H,24,27)/t20-/m0/s1. The number of anilines is 1. The van der Waals surface area contributed by atoms with E-state index in [0.29, 0.717) is 13.0 Å². The van der Waals surface area contributed by atoms with Crippen LogP contribution in [-0.4, -0.2) is 48.3 Å².